The van der Waals surface area contributed by atoms with E-state index in [1.165, 1.54) is 0 Å². The van der Waals surface area contributed by atoms with Gasteiger partial charge in [-0.3, -0.25) is 9.78 Å². The third kappa shape index (κ3) is 3.68. The molecule has 134 valence electrons. The molecule has 2 aromatic rings. The number of nitrogens with one attached hydrogen (secondary N) is 1. The molecule has 0 aliphatic carbocycles. The van der Waals surface area contributed by atoms with Crippen LogP contribution in [0.15, 0.2) is 30.5 Å². The Morgan fingerprint density at radius 1 is 1.38 bits per heavy atom. The quantitative estimate of drug-likeness (QED) is 0.834. The van der Waals surface area contributed by atoms with Crippen molar-refractivity contribution >= 4 is 5.91 Å². The number of ether oxygens (including phenoxy) is 1. The van der Waals surface area contributed by atoms with Crippen LogP contribution >= 0.6 is 0 Å². The van der Waals surface area contributed by atoms with Crippen LogP contribution in [0.4, 0.5) is 0 Å². The highest BCUT2D eigenvalue weighted by Gasteiger charge is 2.24. The molecule has 0 saturated heterocycles. The molecule has 2 unspecified atom stereocenters. The fourth-order valence-corrected chi connectivity index (χ4v) is 3.23. The van der Waals surface area contributed by atoms with Gasteiger partial charge in [0.05, 0.1) is 30.0 Å². The molecule has 1 aliphatic heterocycles. The first kappa shape index (κ1) is 17.9. The van der Waals surface area contributed by atoms with E-state index in [9.17, 15) is 10.1 Å². The van der Waals surface area contributed by atoms with Crippen LogP contribution in [-0.4, -0.2) is 23.5 Å². The van der Waals surface area contributed by atoms with Gasteiger partial charge in [-0.05, 0) is 48.6 Å². The standard InChI is InChI=1S/C20H22N4O2/c1-12(7-13(2)22)11-26-18-4-3-14(8-15(18)9-21)16-5-6-23-17-10-24-20(25)19(16)17/h3-6,8,12-13H,7,10-11,22H2,1-2H3,(H,24,25). The summed E-state index contributed by atoms with van der Waals surface area (Å²) in [6.07, 6.45) is 2.54. The first-order valence-electron chi connectivity index (χ1n) is 8.68. The first-order valence-corrected chi connectivity index (χ1v) is 8.68. The SMILES string of the molecule is CC(N)CC(C)COc1ccc(-c2ccnc3c2C(=O)NC3)cc1C#N. The van der Waals surface area contributed by atoms with Crippen LogP contribution in [0.5, 0.6) is 5.75 Å². The number of benzene rings is 1. The highest BCUT2D eigenvalue weighted by atomic mass is 16.5. The molecular weight excluding hydrogens is 328 g/mol. The van der Waals surface area contributed by atoms with Crippen molar-refractivity contribution in [3.05, 3.63) is 47.3 Å². The van der Waals surface area contributed by atoms with Crippen molar-refractivity contribution in [2.24, 2.45) is 11.7 Å². The number of fused-ring (bicyclic) bond motifs is 1. The molecule has 26 heavy (non-hydrogen) atoms. The van der Waals surface area contributed by atoms with Crippen LogP contribution in [-0.2, 0) is 6.54 Å². The Balaban J connectivity index is 1.86. The van der Waals surface area contributed by atoms with Crippen LogP contribution in [0, 0.1) is 17.2 Å². The second-order valence-electron chi connectivity index (χ2n) is 6.81. The van der Waals surface area contributed by atoms with E-state index in [4.69, 9.17) is 10.5 Å². The summed E-state index contributed by atoms with van der Waals surface area (Å²) in [5, 5.41) is 12.3. The Morgan fingerprint density at radius 2 is 2.19 bits per heavy atom. The minimum absolute atomic E-state index is 0.117. The largest absolute Gasteiger partial charge is 0.492 e. The number of nitrogens with two attached hydrogens (primary N) is 1. The third-order valence-electron chi connectivity index (χ3n) is 4.38. The number of nitrogens with zero attached hydrogens (tertiary/aromatic N) is 2. The number of carbonyl (C=O) groups excluding carboxylic acids is 1. The number of hydrogen-bond acceptors (Lipinski definition) is 5. The lowest BCUT2D eigenvalue weighted by Gasteiger charge is -2.16. The fraction of sp³-hybridized carbons (Fsp3) is 0.350. The Hall–Kier alpha value is -2.91. The monoisotopic (exact) mass is 350 g/mol. The minimum Gasteiger partial charge on any atom is -0.492 e. The molecule has 2 heterocycles. The van der Waals surface area contributed by atoms with Crippen LogP contribution in [0.25, 0.3) is 11.1 Å². The molecule has 3 rings (SSSR count). The maximum absolute atomic E-state index is 12.1. The van der Waals surface area contributed by atoms with Gasteiger partial charge in [0.15, 0.2) is 0 Å². The summed E-state index contributed by atoms with van der Waals surface area (Å²) in [4.78, 5) is 16.3. The maximum Gasteiger partial charge on any atom is 0.254 e. The minimum atomic E-state index is -0.133. The predicted molar refractivity (Wildman–Crippen MR) is 98.5 cm³/mol. The van der Waals surface area contributed by atoms with Crippen LogP contribution < -0.4 is 15.8 Å². The van der Waals surface area contributed by atoms with Crippen LogP contribution in [0.1, 0.15) is 41.9 Å². The lowest BCUT2D eigenvalue weighted by molar-refractivity contribution is 0.0966. The number of rotatable bonds is 6. The zero-order chi connectivity index (χ0) is 18.7. The summed E-state index contributed by atoms with van der Waals surface area (Å²) in [6.45, 7) is 4.98. The second-order valence-corrected chi connectivity index (χ2v) is 6.81. The number of hydrogen-bond donors (Lipinski definition) is 2. The molecule has 0 fully saturated rings. The highest BCUT2D eigenvalue weighted by molar-refractivity contribution is 6.04. The second kappa shape index (κ2) is 7.54. The molecular formula is C20H22N4O2. The highest BCUT2D eigenvalue weighted by Crippen LogP contribution is 2.31. The van der Waals surface area contributed by atoms with Crippen molar-refractivity contribution in [3.8, 4) is 22.9 Å². The van der Waals surface area contributed by atoms with E-state index in [0.717, 1.165) is 23.2 Å². The Bertz CT molecular complexity index is 871. The van der Waals surface area contributed by atoms with E-state index in [-0.39, 0.29) is 11.9 Å². The lowest BCUT2D eigenvalue weighted by Crippen LogP contribution is -2.21. The van der Waals surface area contributed by atoms with Crippen molar-refractivity contribution in [1.29, 1.82) is 5.26 Å². The molecule has 1 aromatic carbocycles. The molecule has 1 aliphatic rings. The van der Waals surface area contributed by atoms with Gasteiger partial charge >= 0.3 is 0 Å². The smallest absolute Gasteiger partial charge is 0.254 e. The van der Waals surface area contributed by atoms with Crippen molar-refractivity contribution in [2.45, 2.75) is 32.9 Å². The van der Waals surface area contributed by atoms with Crippen molar-refractivity contribution in [2.75, 3.05) is 6.61 Å². The van der Waals surface area contributed by atoms with Crippen LogP contribution in [0.3, 0.4) is 0 Å². The molecule has 6 heteroatoms. The van der Waals surface area contributed by atoms with Crippen molar-refractivity contribution in [3.63, 3.8) is 0 Å². The van der Waals surface area contributed by atoms with Crippen LogP contribution in [0.2, 0.25) is 0 Å². The van der Waals surface area contributed by atoms with Gasteiger partial charge in [0, 0.05) is 12.2 Å². The van der Waals surface area contributed by atoms with Gasteiger partial charge in [-0.2, -0.15) is 5.26 Å². The average molecular weight is 350 g/mol. The average Bonchev–Trinajstić information content (AvgIpc) is 3.00. The van der Waals surface area contributed by atoms with Crippen molar-refractivity contribution in [1.82, 2.24) is 10.3 Å². The molecule has 0 spiro atoms. The molecule has 6 nitrogen and oxygen atoms in total. The Labute approximate surface area is 153 Å². The number of nitriles is 1. The van der Waals surface area contributed by atoms with Gasteiger partial charge in [0.1, 0.15) is 11.8 Å². The molecule has 1 aromatic heterocycles. The zero-order valence-corrected chi connectivity index (χ0v) is 15.0. The van der Waals surface area contributed by atoms with E-state index in [1.54, 1.807) is 24.4 Å². The van der Waals surface area contributed by atoms with E-state index in [2.05, 4.69) is 23.3 Å². The molecule has 0 saturated carbocycles. The topological polar surface area (TPSA) is 101 Å². The first-order chi connectivity index (χ1) is 12.5. The Kier molecular flexibility index (Phi) is 5.19. The molecule has 0 bridgehead atoms. The van der Waals surface area contributed by atoms with Crippen molar-refractivity contribution < 1.29 is 9.53 Å². The van der Waals surface area contributed by atoms with E-state index in [0.29, 0.717) is 35.9 Å². The summed E-state index contributed by atoms with van der Waals surface area (Å²) in [5.74, 6) is 0.711. The summed E-state index contributed by atoms with van der Waals surface area (Å²) in [7, 11) is 0. The molecule has 2 atom stereocenters. The van der Waals surface area contributed by atoms with Gasteiger partial charge in [0.2, 0.25) is 0 Å². The van der Waals surface area contributed by atoms with E-state index in [1.807, 2.05) is 13.0 Å². The van der Waals surface area contributed by atoms with E-state index < -0.39 is 0 Å². The zero-order valence-electron chi connectivity index (χ0n) is 15.0. The molecule has 3 N–H and O–H groups in total. The number of amides is 1. The normalized spacial score (nSPS) is 14.9. The predicted octanol–water partition coefficient (Wildman–Crippen LogP) is 2.62. The van der Waals surface area contributed by atoms with Gasteiger partial charge in [-0.15, -0.1) is 0 Å². The summed E-state index contributed by atoms with van der Waals surface area (Å²) >= 11 is 0. The fourth-order valence-electron chi connectivity index (χ4n) is 3.23. The number of carbonyl (C=O) groups is 1. The van der Waals surface area contributed by atoms with Gasteiger partial charge < -0.3 is 15.8 Å². The summed E-state index contributed by atoms with van der Waals surface area (Å²) < 4.78 is 5.83. The molecule has 1 amide bonds. The summed E-state index contributed by atoms with van der Waals surface area (Å²) in [5.41, 5.74) is 9.14. The van der Waals surface area contributed by atoms with E-state index >= 15 is 0 Å². The van der Waals surface area contributed by atoms with Gasteiger partial charge in [0.25, 0.3) is 5.91 Å². The maximum atomic E-state index is 12.1. The third-order valence-corrected chi connectivity index (χ3v) is 4.38. The van der Waals surface area contributed by atoms with Gasteiger partial charge in [-0.25, -0.2) is 0 Å². The summed E-state index contributed by atoms with van der Waals surface area (Å²) in [6, 6.07) is 9.51. The Morgan fingerprint density at radius 3 is 2.92 bits per heavy atom. The van der Waals surface area contributed by atoms with Gasteiger partial charge in [-0.1, -0.05) is 13.0 Å². The number of aromatic nitrogens is 1. The lowest BCUT2D eigenvalue weighted by atomic mass is 9.98. The number of pyridine rings is 1. The molecule has 0 radical (unpaired) electrons.